The molecule has 2 N–H and O–H groups in total. The van der Waals surface area contributed by atoms with Gasteiger partial charge in [-0.15, -0.1) is 0 Å². The molecule has 1 heterocycles. The first-order valence-corrected chi connectivity index (χ1v) is 5.59. The Kier molecular flexibility index (Phi) is 3.93. The quantitative estimate of drug-likeness (QED) is 0.809. The predicted octanol–water partition coefficient (Wildman–Crippen LogP) is 1.17. The Morgan fingerprint density at radius 1 is 1.38 bits per heavy atom. The number of hydrogen-bond acceptors (Lipinski definition) is 3. The highest BCUT2D eigenvalue weighted by Crippen LogP contribution is 2.19. The van der Waals surface area contributed by atoms with E-state index in [1.54, 1.807) is 6.92 Å². The molecule has 0 spiro atoms. The number of H-pyrrole nitrogens is 1. The zero-order valence-corrected chi connectivity index (χ0v) is 9.91. The van der Waals surface area contributed by atoms with Crippen LogP contribution in [0, 0.1) is 0 Å². The standard InChI is InChI=1S/C11H18N2O3/c1-4-6-7(3)13-10(15)8(5-2)9(14)12-11(13)16/h7,15H,4-6H2,1-3H3,(H,12,14,16). The maximum atomic E-state index is 11.6. The summed E-state index contributed by atoms with van der Waals surface area (Å²) in [4.78, 5) is 25.2. The molecule has 0 radical (unpaired) electrons. The van der Waals surface area contributed by atoms with Gasteiger partial charge in [-0.1, -0.05) is 20.3 Å². The molecule has 0 aliphatic carbocycles. The third-order valence-corrected chi connectivity index (χ3v) is 2.71. The van der Waals surface area contributed by atoms with Crippen LogP contribution in [0.2, 0.25) is 0 Å². The van der Waals surface area contributed by atoms with E-state index in [9.17, 15) is 14.7 Å². The van der Waals surface area contributed by atoms with Crippen LogP contribution in [0.5, 0.6) is 5.88 Å². The number of nitrogens with one attached hydrogen (secondary N) is 1. The van der Waals surface area contributed by atoms with Crippen LogP contribution < -0.4 is 11.2 Å². The van der Waals surface area contributed by atoms with Gasteiger partial charge in [-0.05, 0) is 19.8 Å². The van der Waals surface area contributed by atoms with E-state index in [-0.39, 0.29) is 17.5 Å². The highest BCUT2D eigenvalue weighted by atomic mass is 16.3. The number of aromatic amines is 1. The van der Waals surface area contributed by atoms with Gasteiger partial charge in [0.05, 0.1) is 5.56 Å². The molecule has 5 nitrogen and oxygen atoms in total. The maximum Gasteiger partial charge on any atom is 0.331 e. The molecule has 0 amide bonds. The molecule has 16 heavy (non-hydrogen) atoms. The molecular weight excluding hydrogens is 208 g/mol. The van der Waals surface area contributed by atoms with Gasteiger partial charge >= 0.3 is 5.69 Å². The molecule has 0 saturated heterocycles. The van der Waals surface area contributed by atoms with Crippen molar-refractivity contribution in [3.63, 3.8) is 0 Å². The Hall–Kier alpha value is -1.52. The summed E-state index contributed by atoms with van der Waals surface area (Å²) in [5.74, 6) is -0.197. The number of rotatable bonds is 4. The normalized spacial score (nSPS) is 12.7. The van der Waals surface area contributed by atoms with Crippen LogP contribution >= 0.6 is 0 Å². The second-order valence-electron chi connectivity index (χ2n) is 3.92. The van der Waals surface area contributed by atoms with Crippen LogP contribution in [0.25, 0.3) is 0 Å². The van der Waals surface area contributed by atoms with Gasteiger partial charge < -0.3 is 5.11 Å². The van der Waals surface area contributed by atoms with Crippen molar-refractivity contribution < 1.29 is 5.11 Å². The largest absolute Gasteiger partial charge is 0.494 e. The van der Waals surface area contributed by atoms with Crippen molar-refractivity contribution in [3.05, 3.63) is 26.4 Å². The summed E-state index contributed by atoms with van der Waals surface area (Å²) >= 11 is 0. The topological polar surface area (TPSA) is 75.1 Å². The molecule has 0 saturated carbocycles. The van der Waals surface area contributed by atoms with Crippen molar-refractivity contribution in [1.29, 1.82) is 0 Å². The van der Waals surface area contributed by atoms with Crippen LogP contribution in [0.3, 0.4) is 0 Å². The van der Waals surface area contributed by atoms with Gasteiger partial charge in [-0.3, -0.25) is 14.3 Å². The summed E-state index contributed by atoms with van der Waals surface area (Å²) in [5.41, 5.74) is -0.770. The van der Waals surface area contributed by atoms with E-state index >= 15 is 0 Å². The molecule has 5 heteroatoms. The molecule has 1 unspecified atom stereocenters. The molecule has 1 aromatic rings. The lowest BCUT2D eigenvalue weighted by Crippen LogP contribution is -2.33. The minimum atomic E-state index is -0.541. The second-order valence-corrected chi connectivity index (χ2v) is 3.92. The minimum Gasteiger partial charge on any atom is -0.494 e. The lowest BCUT2D eigenvalue weighted by Gasteiger charge is -2.16. The molecule has 0 fully saturated rings. The fourth-order valence-electron chi connectivity index (χ4n) is 1.85. The Balaban J connectivity index is 3.39. The van der Waals surface area contributed by atoms with E-state index in [2.05, 4.69) is 4.98 Å². The molecule has 0 aliphatic heterocycles. The molecule has 1 rings (SSSR count). The van der Waals surface area contributed by atoms with Gasteiger partial charge in [-0.25, -0.2) is 4.79 Å². The van der Waals surface area contributed by atoms with Crippen LogP contribution in [0.1, 0.15) is 45.2 Å². The Morgan fingerprint density at radius 2 is 2.00 bits per heavy atom. The third-order valence-electron chi connectivity index (χ3n) is 2.71. The summed E-state index contributed by atoms with van der Waals surface area (Å²) in [7, 11) is 0. The van der Waals surface area contributed by atoms with Crippen LogP contribution in [-0.4, -0.2) is 14.7 Å². The van der Waals surface area contributed by atoms with E-state index in [0.717, 1.165) is 12.8 Å². The highest BCUT2D eigenvalue weighted by molar-refractivity contribution is 5.22. The van der Waals surface area contributed by atoms with Crippen molar-refractivity contribution in [3.8, 4) is 5.88 Å². The molecular formula is C11H18N2O3. The average Bonchev–Trinajstić information content (AvgIpc) is 2.17. The Labute approximate surface area is 93.8 Å². The van der Waals surface area contributed by atoms with Gasteiger partial charge in [0.2, 0.25) is 5.88 Å². The molecule has 0 bridgehead atoms. The first kappa shape index (κ1) is 12.5. The monoisotopic (exact) mass is 226 g/mol. The molecule has 0 aliphatic rings. The molecule has 0 aromatic carbocycles. The zero-order valence-electron chi connectivity index (χ0n) is 9.91. The van der Waals surface area contributed by atoms with E-state index in [1.807, 2.05) is 13.8 Å². The first-order chi connectivity index (χ1) is 7.52. The van der Waals surface area contributed by atoms with Gasteiger partial charge in [-0.2, -0.15) is 0 Å². The molecule has 1 aromatic heterocycles. The molecule has 1 atom stereocenters. The van der Waals surface area contributed by atoms with Crippen molar-refractivity contribution in [1.82, 2.24) is 9.55 Å². The summed E-state index contributed by atoms with van der Waals surface area (Å²) in [5, 5.41) is 9.89. The highest BCUT2D eigenvalue weighted by Gasteiger charge is 2.16. The number of nitrogens with zero attached hydrogens (tertiary/aromatic N) is 1. The van der Waals surface area contributed by atoms with E-state index < -0.39 is 11.2 Å². The summed E-state index contributed by atoms with van der Waals surface area (Å²) in [6.07, 6.45) is 2.09. The summed E-state index contributed by atoms with van der Waals surface area (Å²) in [6, 6.07) is -0.111. The second kappa shape index (κ2) is 5.01. The van der Waals surface area contributed by atoms with Crippen LogP contribution in [0.4, 0.5) is 0 Å². The predicted molar refractivity (Wildman–Crippen MR) is 62.0 cm³/mol. The van der Waals surface area contributed by atoms with Crippen molar-refractivity contribution in [2.75, 3.05) is 0 Å². The minimum absolute atomic E-state index is 0.111. The number of aromatic hydroxyl groups is 1. The van der Waals surface area contributed by atoms with Gasteiger partial charge in [0.25, 0.3) is 5.56 Å². The van der Waals surface area contributed by atoms with E-state index in [4.69, 9.17) is 0 Å². The number of hydrogen-bond donors (Lipinski definition) is 2. The van der Waals surface area contributed by atoms with Crippen molar-refractivity contribution >= 4 is 0 Å². The van der Waals surface area contributed by atoms with Gasteiger partial charge in [0.1, 0.15) is 0 Å². The van der Waals surface area contributed by atoms with Crippen molar-refractivity contribution in [2.45, 2.75) is 46.1 Å². The lowest BCUT2D eigenvalue weighted by molar-refractivity contribution is 0.355. The van der Waals surface area contributed by atoms with Crippen LogP contribution in [-0.2, 0) is 6.42 Å². The van der Waals surface area contributed by atoms with Crippen LogP contribution in [0.15, 0.2) is 9.59 Å². The molecule has 90 valence electrons. The Bertz CT molecular complexity index is 473. The average molecular weight is 226 g/mol. The number of aromatic nitrogens is 2. The zero-order chi connectivity index (χ0) is 12.3. The van der Waals surface area contributed by atoms with E-state index in [0.29, 0.717) is 6.42 Å². The third kappa shape index (κ3) is 2.18. The first-order valence-electron chi connectivity index (χ1n) is 5.59. The van der Waals surface area contributed by atoms with Gasteiger partial charge in [0.15, 0.2) is 0 Å². The van der Waals surface area contributed by atoms with E-state index in [1.165, 1.54) is 4.57 Å². The fraction of sp³-hybridized carbons (Fsp3) is 0.636. The maximum absolute atomic E-state index is 11.6. The summed E-state index contributed by atoms with van der Waals surface area (Å²) < 4.78 is 1.25. The smallest absolute Gasteiger partial charge is 0.331 e. The lowest BCUT2D eigenvalue weighted by atomic mass is 10.2. The Morgan fingerprint density at radius 3 is 2.50 bits per heavy atom. The SMILES string of the molecule is CCCC(C)n1c(O)c(CC)c(=O)[nH]c1=O. The van der Waals surface area contributed by atoms with Gasteiger partial charge in [0, 0.05) is 6.04 Å². The summed E-state index contributed by atoms with van der Waals surface area (Å²) in [6.45, 7) is 5.62. The fourth-order valence-corrected chi connectivity index (χ4v) is 1.85. The van der Waals surface area contributed by atoms with Crippen molar-refractivity contribution in [2.24, 2.45) is 0 Å².